The molecule has 1 aliphatic rings. The fourth-order valence-electron chi connectivity index (χ4n) is 1.53. The first kappa shape index (κ1) is 11.2. The van der Waals surface area contributed by atoms with Gasteiger partial charge < -0.3 is 10.5 Å². The normalized spacial score (nSPS) is 29.2. The smallest absolute Gasteiger partial charge is 0.0666 e. The Labute approximate surface area is 74.9 Å². The van der Waals surface area contributed by atoms with E-state index in [2.05, 4.69) is 13.8 Å². The molecule has 1 atom stereocenters. The minimum absolute atomic E-state index is 0. The fraction of sp³-hybridized carbons (Fsp3) is 1.00. The van der Waals surface area contributed by atoms with Crippen molar-refractivity contribution in [3.8, 4) is 0 Å². The van der Waals surface area contributed by atoms with E-state index >= 15 is 0 Å². The summed E-state index contributed by atoms with van der Waals surface area (Å²) < 4.78 is 5.59. The van der Waals surface area contributed by atoms with Gasteiger partial charge in [0.05, 0.1) is 5.60 Å². The third-order valence-corrected chi connectivity index (χ3v) is 2.44. The summed E-state index contributed by atoms with van der Waals surface area (Å²) in [5.74, 6) is 0.557. The molecule has 0 aromatic carbocycles. The number of halogens is 1. The van der Waals surface area contributed by atoms with E-state index in [4.69, 9.17) is 10.5 Å². The molecule has 68 valence electrons. The number of rotatable bonds is 1. The van der Waals surface area contributed by atoms with Gasteiger partial charge >= 0.3 is 0 Å². The van der Waals surface area contributed by atoms with Crippen molar-refractivity contribution in [1.29, 1.82) is 0 Å². The van der Waals surface area contributed by atoms with Crippen LogP contribution in [0.5, 0.6) is 0 Å². The van der Waals surface area contributed by atoms with Crippen LogP contribution in [0, 0.1) is 5.92 Å². The summed E-state index contributed by atoms with van der Waals surface area (Å²) in [6.07, 6.45) is 2.40. The van der Waals surface area contributed by atoms with Crippen LogP contribution in [0.2, 0.25) is 0 Å². The van der Waals surface area contributed by atoms with E-state index in [0.717, 1.165) is 13.2 Å². The number of hydrogen-bond acceptors (Lipinski definition) is 2. The van der Waals surface area contributed by atoms with Crippen molar-refractivity contribution >= 4 is 12.4 Å². The fourth-order valence-corrected chi connectivity index (χ4v) is 1.53. The monoisotopic (exact) mass is 179 g/mol. The van der Waals surface area contributed by atoms with Crippen molar-refractivity contribution in [3.05, 3.63) is 0 Å². The van der Waals surface area contributed by atoms with Crippen molar-refractivity contribution < 1.29 is 4.74 Å². The Morgan fingerprint density at radius 1 is 1.55 bits per heavy atom. The topological polar surface area (TPSA) is 35.2 Å². The highest BCUT2D eigenvalue weighted by Gasteiger charge is 2.31. The predicted octanol–water partition coefficient (Wildman–Crippen LogP) is 1.57. The van der Waals surface area contributed by atoms with Crippen LogP contribution in [-0.2, 0) is 4.74 Å². The van der Waals surface area contributed by atoms with Gasteiger partial charge in [0.15, 0.2) is 0 Å². The molecule has 1 heterocycles. The third kappa shape index (κ3) is 2.62. The number of ether oxygens (including phenoxy) is 1. The Hall–Kier alpha value is 0.210. The van der Waals surface area contributed by atoms with Gasteiger partial charge in [-0.3, -0.25) is 0 Å². The second-order valence-electron chi connectivity index (χ2n) is 3.53. The van der Waals surface area contributed by atoms with Crippen LogP contribution in [0.1, 0.15) is 26.7 Å². The van der Waals surface area contributed by atoms with Crippen LogP contribution in [0.3, 0.4) is 0 Å². The van der Waals surface area contributed by atoms with Gasteiger partial charge in [-0.1, -0.05) is 0 Å². The van der Waals surface area contributed by atoms with Crippen molar-refractivity contribution in [2.45, 2.75) is 32.3 Å². The molecule has 11 heavy (non-hydrogen) atoms. The standard InChI is InChI=1S/C8H17NO.ClH/c1-8(2)7(6-9)4-3-5-10-8;/h7H,3-6,9H2,1-2H3;1H. The summed E-state index contributed by atoms with van der Waals surface area (Å²) in [6, 6.07) is 0. The van der Waals surface area contributed by atoms with Gasteiger partial charge in [0, 0.05) is 6.61 Å². The Morgan fingerprint density at radius 3 is 2.55 bits per heavy atom. The average molecular weight is 180 g/mol. The van der Waals surface area contributed by atoms with E-state index in [1.165, 1.54) is 12.8 Å². The zero-order valence-electron chi connectivity index (χ0n) is 7.30. The van der Waals surface area contributed by atoms with Gasteiger partial charge in [-0.25, -0.2) is 0 Å². The molecule has 1 saturated heterocycles. The molecule has 1 fully saturated rings. The lowest BCUT2D eigenvalue weighted by Gasteiger charge is -2.37. The molecule has 3 heteroatoms. The van der Waals surface area contributed by atoms with Gasteiger partial charge in [0.1, 0.15) is 0 Å². The lowest BCUT2D eigenvalue weighted by atomic mass is 9.85. The highest BCUT2D eigenvalue weighted by atomic mass is 35.5. The Bertz CT molecular complexity index is 117. The van der Waals surface area contributed by atoms with E-state index < -0.39 is 0 Å². The first-order valence-electron chi connectivity index (χ1n) is 4.01. The highest BCUT2D eigenvalue weighted by Crippen LogP contribution is 2.29. The van der Waals surface area contributed by atoms with Crippen LogP contribution >= 0.6 is 12.4 Å². The molecule has 1 aliphatic heterocycles. The zero-order valence-corrected chi connectivity index (χ0v) is 8.12. The minimum Gasteiger partial charge on any atom is -0.375 e. The SMILES string of the molecule is CC1(C)OCCCC1CN.Cl. The molecule has 2 N–H and O–H groups in total. The molecule has 0 amide bonds. The summed E-state index contributed by atoms with van der Waals surface area (Å²) in [5.41, 5.74) is 5.62. The highest BCUT2D eigenvalue weighted by molar-refractivity contribution is 5.85. The maximum absolute atomic E-state index is 5.60. The molecule has 0 saturated carbocycles. The largest absolute Gasteiger partial charge is 0.375 e. The maximum Gasteiger partial charge on any atom is 0.0666 e. The van der Waals surface area contributed by atoms with Crippen LogP contribution in [-0.4, -0.2) is 18.8 Å². The molecular formula is C8H18ClNO. The molecular weight excluding hydrogens is 162 g/mol. The molecule has 1 unspecified atom stereocenters. The number of hydrogen-bond donors (Lipinski definition) is 1. The quantitative estimate of drug-likeness (QED) is 0.664. The molecule has 1 rings (SSSR count). The van der Waals surface area contributed by atoms with Crippen LogP contribution in [0.4, 0.5) is 0 Å². The first-order chi connectivity index (χ1) is 4.67. The van der Waals surface area contributed by atoms with Crippen LogP contribution in [0.15, 0.2) is 0 Å². The Kier molecular flexibility index (Phi) is 4.37. The van der Waals surface area contributed by atoms with Crippen molar-refractivity contribution in [1.82, 2.24) is 0 Å². The van der Waals surface area contributed by atoms with E-state index in [9.17, 15) is 0 Å². The lowest BCUT2D eigenvalue weighted by Crippen LogP contribution is -2.42. The number of nitrogens with two attached hydrogens (primary N) is 1. The summed E-state index contributed by atoms with van der Waals surface area (Å²) >= 11 is 0. The molecule has 2 nitrogen and oxygen atoms in total. The van der Waals surface area contributed by atoms with E-state index in [1.54, 1.807) is 0 Å². The van der Waals surface area contributed by atoms with Gasteiger partial charge in [-0.05, 0) is 39.2 Å². The van der Waals surface area contributed by atoms with Crippen molar-refractivity contribution in [2.24, 2.45) is 11.7 Å². The van der Waals surface area contributed by atoms with Gasteiger partial charge in [0.25, 0.3) is 0 Å². The summed E-state index contributed by atoms with van der Waals surface area (Å²) in [6.45, 7) is 5.92. The molecule has 0 bridgehead atoms. The maximum atomic E-state index is 5.60. The molecule has 0 aromatic rings. The van der Waals surface area contributed by atoms with E-state index in [1.807, 2.05) is 0 Å². The van der Waals surface area contributed by atoms with E-state index in [-0.39, 0.29) is 18.0 Å². The van der Waals surface area contributed by atoms with Crippen LogP contribution in [0.25, 0.3) is 0 Å². The lowest BCUT2D eigenvalue weighted by molar-refractivity contribution is -0.0902. The summed E-state index contributed by atoms with van der Waals surface area (Å²) in [4.78, 5) is 0. The predicted molar refractivity (Wildman–Crippen MR) is 49.1 cm³/mol. The zero-order chi connectivity index (χ0) is 7.61. The third-order valence-electron chi connectivity index (χ3n) is 2.44. The van der Waals surface area contributed by atoms with Gasteiger partial charge in [-0.15, -0.1) is 12.4 Å². The van der Waals surface area contributed by atoms with Crippen molar-refractivity contribution in [2.75, 3.05) is 13.2 Å². The van der Waals surface area contributed by atoms with Gasteiger partial charge in [0.2, 0.25) is 0 Å². The average Bonchev–Trinajstić information content (AvgIpc) is 1.87. The first-order valence-corrected chi connectivity index (χ1v) is 4.01. The van der Waals surface area contributed by atoms with E-state index in [0.29, 0.717) is 5.92 Å². The Balaban J connectivity index is 0.000001000. The summed E-state index contributed by atoms with van der Waals surface area (Å²) in [7, 11) is 0. The molecule has 0 spiro atoms. The molecule has 0 aliphatic carbocycles. The Morgan fingerprint density at radius 2 is 2.18 bits per heavy atom. The molecule has 0 aromatic heterocycles. The molecule has 0 radical (unpaired) electrons. The van der Waals surface area contributed by atoms with Crippen molar-refractivity contribution in [3.63, 3.8) is 0 Å². The second kappa shape index (κ2) is 4.29. The van der Waals surface area contributed by atoms with Gasteiger partial charge in [-0.2, -0.15) is 0 Å². The van der Waals surface area contributed by atoms with Crippen LogP contribution < -0.4 is 5.73 Å². The minimum atomic E-state index is 0. The summed E-state index contributed by atoms with van der Waals surface area (Å²) in [5, 5.41) is 0. The second-order valence-corrected chi connectivity index (χ2v) is 3.53.